The molecule has 0 saturated heterocycles. The highest BCUT2D eigenvalue weighted by Crippen LogP contribution is 2.59. The van der Waals surface area contributed by atoms with Gasteiger partial charge in [0.1, 0.15) is 24.5 Å². The summed E-state index contributed by atoms with van der Waals surface area (Å²) < 4.78 is 25.6. The molecule has 10 nitrogen and oxygen atoms in total. The van der Waals surface area contributed by atoms with E-state index in [4.69, 9.17) is 18.4 Å². The number of ketones is 2. The van der Waals surface area contributed by atoms with Gasteiger partial charge in [-0.15, -0.1) is 0 Å². The van der Waals surface area contributed by atoms with E-state index in [0.717, 1.165) is 22.4 Å². The highest BCUT2D eigenvalue weighted by Gasteiger charge is 2.67. The summed E-state index contributed by atoms with van der Waals surface area (Å²) in [4.78, 5) is 36.9. The number of pyridine rings is 1. The average molecular weight is 722 g/mol. The number of allylic oxidation sites excluding steroid dienone is 1. The Kier molecular flexibility index (Phi) is 9.04. The van der Waals surface area contributed by atoms with Crippen molar-refractivity contribution in [2.75, 3.05) is 14.1 Å². The monoisotopic (exact) mass is 721 g/mol. The van der Waals surface area contributed by atoms with E-state index >= 15 is 4.79 Å². The molecule has 0 fully saturated rings. The Labute approximate surface area is 305 Å². The number of fused-ring (bicyclic) bond motifs is 4. The summed E-state index contributed by atoms with van der Waals surface area (Å²) in [5.74, 6) is -1.64. The van der Waals surface area contributed by atoms with E-state index in [-0.39, 0.29) is 46.9 Å². The lowest BCUT2D eigenvalue weighted by Gasteiger charge is -2.55. The molecule has 0 bridgehead atoms. The fourth-order valence-electron chi connectivity index (χ4n) is 7.82. The van der Waals surface area contributed by atoms with Crippen molar-refractivity contribution in [2.45, 2.75) is 83.5 Å². The zero-order valence-electron chi connectivity index (χ0n) is 31.1. The van der Waals surface area contributed by atoms with Crippen molar-refractivity contribution >= 4 is 19.9 Å². The van der Waals surface area contributed by atoms with Gasteiger partial charge in [-0.2, -0.15) is 0 Å². The van der Waals surface area contributed by atoms with Crippen molar-refractivity contribution in [3.05, 3.63) is 117 Å². The van der Waals surface area contributed by atoms with E-state index in [1.54, 1.807) is 0 Å². The Morgan fingerprint density at radius 3 is 2.12 bits per heavy atom. The summed E-state index contributed by atoms with van der Waals surface area (Å²) in [6, 6.07) is 20.7. The van der Waals surface area contributed by atoms with Crippen molar-refractivity contribution in [3.8, 4) is 11.8 Å². The summed E-state index contributed by atoms with van der Waals surface area (Å²) in [5, 5.41) is 16.8. The van der Waals surface area contributed by atoms with E-state index in [0.29, 0.717) is 24.2 Å². The van der Waals surface area contributed by atoms with Crippen LogP contribution in [0.1, 0.15) is 82.1 Å². The van der Waals surface area contributed by atoms with Crippen molar-refractivity contribution < 1.29 is 33.1 Å². The van der Waals surface area contributed by atoms with Gasteiger partial charge in [-0.25, -0.2) is 4.98 Å². The average Bonchev–Trinajstić information content (AvgIpc) is 3.51. The first-order chi connectivity index (χ1) is 24.6. The molecule has 3 aliphatic carbocycles. The first-order valence-corrected chi connectivity index (χ1v) is 20.8. The maximum absolute atomic E-state index is 15.4. The molecule has 0 unspecified atom stereocenters. The van der Waals surface area contributed by atoms with Crippen molar-refractivity contribution in [2.24, 2.45) is 11.8 Å². The lowest BCUT2D eigenvalue weighted by atomic mass is 9.58. The normalized spacial score (nSPS) is 22.8. The van der Waals surface area contributed by atoms with Crippen molar-refractivity contribution in [1.29, 1.82) is 0 Å². The van der Waals surface area contributed by atoms with Crippen LogP contribution in [0.25, 0.3) is 0 Å². The number of aromatic nitrogens is 2. The zero-order chi connectivity index (χ0) is 37.2. The van der Waals surface area contributed by atoms with Crippen LogP contribution in [0.5, 0.6) is 11.8 Å². The Morgan fingerprint density at radius 2 is 1.54 bits per heavy atom. The fourth-order valence-corrected chi connectivity index (χ4v) is 9.27. The first kappa shape index (κ1) is 35.8. The number of aliphatic hydroxyl groups is 1. The van der Waals surface area contributed by atoms with E-state index < -0.39 is 43.4 Å². The third-order valence-corrected chi connectivity index (χ3v) is 15.8. The molecule has 11 heteroatoms. The van der Waals surface area contributed by atoms with Crippen molar-refractivity contribution in [3.63, 3.8) is 0 Å². The molecule has 0 radical (unpaired) electrons. The molecule has 3 aliphatic rings. The zero-order valence-corrected chi connectivity index (χ0v) is 32.1. The third-order valence-electron chi connectivity index (χ3n) is 11.3. The molecule has 0 saturated carbocycles. The number of ether oxygens (including phenoxy) is 2. The van der Waals surface area contributed by atoms with Crippen LogP contribution in [0.3, 0.4) is 0 Å². The second-order valence-electron chi connectivity index (χ2n) is 16.0. The van der Waals surface area contributed by atoms with Gasteiger partial charge in [0.15, 0.2) is 25.5 Å². The van der Waals surface area contributed by atoms with Crippen LogP contribution in [0, 0.1) is 18.8 Å². The minimum Gasteiger partial charge on any atom is -0.508 e. The molecule has 2 aromatic carbocycles. The van der Waals surface area contributed by atoms with E-state index in [2.05, 4.69) is 44.0 Å². The van der Waals surface area contributed by atoms with Gasteiger partial charge in [0.25, 0.3) is 5.88 Å². The molecule has 0 amide bonds. The molecule has 4 atom stereocenters. The molecular formula is C41H47N3O7Si. The largest absolute Gasteiger partial charge is 0.508 e. The number of Topliss-reactive ketones (excluding diaryl/α,β-unsaturated/α-hetero) is 2. The van der Waals surface area contributed by atoms with Crippen LogP contribution < -0.4 is 9.47 Å². The van der Waals surface area contributed by atoms with Gasteiger partial charge in [-0.1, -0.05) is 81.4 Å². The summed E-state index contributed by atoms with van der Waals surface area (Å²) in [7, 11) is 0.988. The Hall–Kier alpha value is -4.58. The molecule has 0 spiro atoms. The predicted octanol–water partition coefficient (Wildman–Crippen LogP) is 7.98. The standard InChI is InChI=1S/C41H47N3O7Si/c1-24-19-27-20-28-21-29-33(44(5)6)35-32(39(43-50-35)49-23-26-17-13-10-14-18-26)37(47)41(29,51-52(7,8)40(2,3)4)36(46)30(28)34(45)31(27)38(42-24)48-22-25-15-11-9-12-16-25/h9-19,28-29,33,46H,20-23H2,1-8H3/t28-,29-,33-,41-/m0/s1. The van der Waals surface area contributed by atoms with E-state index in [1.165, 1.54) is 0 Å². The molecule has 7 rings (SSSR count). The minimum absolute atomic E-state index is 0.0314. The number of hydrogen-bond acceptors (Lipinski definition) is 10. The van der Waals surface area contributed by atoms with Crippen LogP contribution >= 0.6 is 0 Å². The molecule has 4 aromatic rings. The number of benzene rings is 2. The number of aryl methyl sites for hydroxylation is 1. The number of nitrogens with zero attached hydrogens (tertiary/aromatic N) is 3. The predicted molar refractivity (Wildman–Crippen MR) is 198 cm³/mol. The SMILES string of the molecule is Cc1cc2c(c(OCc3ccccc3)n1)C(=O)C1=C(O)[C@]3(O[Si](C)(C)C(C)(C)C)C(=O)c4c(OCc5ccccc5)noc4[C@@H](N(C)C)[C@@H]3C[C@@H]1C2. The summed E-state index contributed by atoms with van der Waals surface area (Å²) >= 11 is 0. The topological polar surface area (TPSA) is 124 Å². The maximum Gasteiger partial charge on any atom is 0.265 e. The number of carbonyl (C=O) groups excluding carboxylic acids is 2. The van der Waals surface area contributed by atoms with E-state index in [9.17, 15) is 9.90 Å². The molecular weight excluding hydrogens is 675 g/mol. The molecule has 1 N–H and O–H groups in total. The molecule has 0 aliphatic heterocycles. The summed E-state index contributed by atoms with van der Waals surface area (Å²) in [5.41, 5.74) is 2.07. The molecule has 272 valence electrons. The van der Waals surface area contributed by atoms with Gasteiger partial charge in [-0.3, -0.25) is 14.5 Å². The second-order valence-corrected chi connectivity index (χ2v) is 20.8. The number of aliphatic hydroxyl groups excluding tert-OH is 1. The Balaban J connectivity index is 1.39. The molecule has 2 heterocycles. The van der Waals surface area contributed by atoms with Crippen LogP contribution in [0.15, 0.2) is 82.6 Å². The quantitative estimate of drug-likeness (QED) is 0.170. The smallest absolute Gasteiger partial charge is 0.265 e. The van der Waals surface area contributed by atoms with Crippen LogP contribution in [-0.4, -0.2) is 59.7 Å². The second kappa shape index (κ2) is 13.1. The Bertz CT molecular complexity index is 2050. The fraction of sp³-hybridized carbons (Fsp3) is 0.415. The first-order valence-electron chi connectivity index (χ1n) is 17.9. The van der Waals surface area contributed by atoms with E-state index in [1.807, 2.05) is 92.6 Å². The van der Waals surface area contributed by atoms with Crippen LogP contribution in [-0.2, 0) is 24.1 Å². The molecule has 2 aromatic heterocycles. The molecule has 52 heavy (non-hydrogen) atoms. The third kappa shape index (κ3) is 5.88. The number of hydrogen-bond donors (Lipinski definition) is 1. The van der Waals surface area contributed by atoms with Gasteiger partial charge < -0.3 is 23.5 Å². The van der Waals surface area contributed by atoms with Crippen molar-refractivity contribution in [1.82, 2.24) is 15.0 Å². The Morgan fingerprint density at radius 1 is 0.942 bits per heavy atom. The highest BCUT2D eigenvalue weighted by molar-refractivity contribution is 6.74. The number of rotatable bonds is 9. The van der Waals surface area contributed by atoms with Gasteiger partial charge in [0, 0.05) is 17.2 Å². The van der Waals surface area contributed by atoms with Gasteiger partial charge in [0.05, 0.1) is 11.6 Å². The van der Waals surface area contributed by atoms with Gasteiger partial charge in [-0.05, 0) is 85.8 Å². The summed E-state index contributed by atoms with van der Waals surface area (Å²) in [6.07, 6.45) is 0.844. The minimum atomic E-state index is -2.84. The summed E-state index contributed by atoms with van der Waals surface area (Å²) in [6.45, 7) is 12.6. The lowest BCUT2D eigenvalue weighted by Crippen LogP contribution is -2.65. The van der Waals surface area contributed by atoms with Crippen LogP contribution in [0.4, 0.5) is 0 Å². The number of carbonyl (C=O) groups is 2. The van der Waals surface area contributed by atoms with Gasteiger partial charge in [0.2, 0.25) is 11.7 Å². The van der Waals surface area contributed by atoms with Gasteiger partial charge >= 0.3 is 0 Å². The maximum atomic E-state index is 15.4. The lowest BCUT2D eigenvalue weighted by molar-refractivity contribution is -0.0480. The van der Waals surface area contributed by atoms with Crippen LogP contribution in [0.2, 0.25) is 18.1 Å². The highest BCUT2D eigenvalue weighted by atomic mass is 28.4.